The van der Waals surface area contributed by atoms with Crippen molar-refractivity contribution in [1.29, 1.82) is 0 Å². The predicted molar refractivity (Wildman–Crippen MR) is 127 cm³/mol. The Kier molecular flexibility index (Phi) is 6.36. The molecular formula is C27H30N2O4. The third-order valence-corrected chi connectivity index (χ3v) is 6.12. The van der Waals surface area contributed by atoms with E-state index in [0.717, 1.165) is 58.0 Å². The van der Waals surface area contributed by atoms with Gasteiger partial charge in [0.15, 0.2) is 0 Å². The summed E-state index contributed by atoms with van der Waals surface area (Å²) in [4.78, 5) is 20.6. The Balaban J connectivity index is 1.45. The molecule has 0 amide bonds. The highest BCUT2D eigenvalue weighted by molar-refractivity contribution is 5.80. The molecule has 172 valence electrons. The first-order chi connectivity index (χ1) is 15.7. The van der Waals surface area contributed by atoms with Gasteiger partial charge in [-0.15, -0.1) is 0 Å². The predicted octanol–water partition coefficient (Wildman–Crippen LogP) is 5.81. The Bertz CT molecular complexity index is 1190. The van der Waals surface area contributed by atoms with Crippen molar-refractivity contribution in [1.82, 2.24) is 9.97 Å². The van der Waals surface area contributed by atoms with Crippen LogP contribution in [0, 0.1) is 19.3 Å². The number of allylic oxidation sites excluding steroid dienone is 2. The van der Waals surface area contributed by atoms with Crippen molar-refractivity contribution in [3.05, 3.63) is 70.9 Å². The normalized spacial score (nSPS) is 13.4. The van der Waals surface area contributed by atoms with E-state index in [9.17, 15) is 9.90 Å². The van der Waals surface area contributed by atoms with Crippen LogP contribution in [-0.4, -0.2) is 27.7 Å². The van der Waals surface area contributed by atoms with E-state index < -0.39 is 11.4 Å². The average Bonchev–Trinajstić information content (AvgIpc) is 3.15. The molecule has 1 N–H and O–H groups in total. The Morgan fingerprint density at radius 3 is 2.76 bits per heavy atom. The second kappa shape index (κ2) is 9.22. The summed E-state index contributed by atoms with van der Waals surface area (Å²) in [5, 5.41) is 9.54. The molecule has 1 aromatic carbocycles. The number of pyridine rings is 1. The Hall–Kier alpha value is -3.41. The lowest BCUT2D eigenvalue weighted by atomic mass is 9.79. The van der Waals surface area contributed by atoms with E-state index in [1.807, 2.05) is 38.1 Å². The lowest BCUT2D eigenvalue weighted by Crippen LogP contribution is -2.24. The molecule has 0 saturated carbocycles. The van der Waals surface area contributed by atoms with E-state index >= 15 is 0 Å². The van der Waals surface area contributed by atoms with Gasteiger partial charge in [0.05, 0.1) is 23.3 Å². The maximum absolute atomic E-state index is 11.6. The zero-order valence-electron chi connectivity index (χ0n) is 19.6. The molecule has 1 aliphatic rings. The van der Waals surface area contributed by atoms with Crippen LogP contribution in [0.5, 0.6) is 5.75 Å². The second-order valence-electron chi connectivity index (χ2n) is 9.22. The highest BCUT2D eigenvalue weighted by Gasteiger charge is 2.30. The van der Waals surface area contributed by atoms with E-state index in [1.165, 1.54) is 0 Å². The molecule has 0 fully saturated rings. The molecule has 0 radical (unpaired) electrons. The fraction of sp³-hybridized carbons (Fsp3) is 0.370. The van der Waals surface area contributed by atoms with Gasteiger partial charge in [0.25, 0.3) is 0 Å². The number of aliphatic carboxylic acids is 1. The highest BCUT2D eigenvalue weighted by Crippen LogP contribution is 2.39. The Labute approximate surface area is 194 Å². The molecule has 3 aromatic rings. The van der Waals surface area contributed by atoms with Gasteiger partial charge in [-0.2, -0.15) is 0 Å². The summed E-state index contributed by atoms with van der Waals surface area (Å²) in [7, 11) is 0. The SMILES string of the molecule is Cc1ccc(-c2nc(CCOc3cccc4c3CCC=C4CC(C)(C)C(=O)O)c(C)o2)cn1. The smallest absolute Gasteiger partial charge is 0.309 e. The molecule has 6 nitrogen and oxygen atoms in total. The Morgan fingerprint density at radius 1 is 1.21 bits per heavy atom. The van der Waals surface area contributed by atoms with Gasteiger partial charge in [-0.1, -0.05) is 18.2 Å². The van der Waals surface area contributed by atoms with Gasteiger partial charge in [-0.25, -0.2) is 4.98 Å². The maximum atomic E-state index is 11.6. The summed E-state index contributed by atoms with van der Waals surface area (Å²) in [5.41, 5.74) is 5.20. The van der Waals surface area contributed by atoms with Crippen LogP contribution in [0.2, 0.25) is 0 Å². The lowest BCUT2D eigenvalue weighted by Gasteiger charge is -2.26. The summed E-state index contributed by atoms with van der Waals surface area (Å²) in [6, 6.07) is 9.93. The first-order valence-corrected chi connectivity index (χ1v) is 11.3. The monoisotopic (exact) mass is 446 g/mol. The molecule has 0 unspecified atom stereocenters. The summed E-state index contributed by atoms with van der Waals surface area (Å²) in [6.07, 6.45) is 6.83. The fourth-order valence-electron chi connectivity index (χ4n) is 4.11. The van der Waals surface area contributed by atoms with Crippen LogP contribution in [0.3, 0.4) is 0 Å². The van der Waals surface area contributed by atoms with Crippen LogP contribution in [0.25, 0.3) is 17.0 Å². The molecule has 4 rings (SSSR count). The van der Waals surface area contributed by atoms with Crippen LogP contribution in [0.15, 0.2) is 47.0 Å². The number of oxazole rings is 1. The number of aryl methyl sites for hydroxylation is 2. The van der Waals surface area contributed by atoms with Gasteiger partial charge >= 0.3 is 5.97 Å². The van der Waals surface area contributed by atoms with Crippen LogP contribution in [0.1, 0.15) is 55.0 Å². The second-order valence-corrected chi connectivity index (χ2v) is 9.22. The number of hydrogen-bond acceptors (Lipinski definition) is 5. The molecule has 0 spiro atoms. The first kappa shape index (κ1) is 22.8. The zero-order chi connectivity index (χ0) is 23.6. The number of nitrogens with zero attached hydrogens (tertiary/aromatic N) is 2. The van der Waals surface area contributed by atoms with Gasteiger partial charge in [-0.05, 0) is 76.3 Å². The molecule has 6 heteroatoms. The average molecular weight is 447 g/mol. The topological polar surface area (TPSA) is 85.5 Å². The van der Waals surface area contributed by atoms with Crippen molar-refractivity contribution in [2.24, 2.45) is 5.41 Å². The van der Waals surface area contributed by atoms with Gasteiger partial charge in [0, 0.05) is 23.9 Å². The van der Waals surface area contributed by atoms with Crippen molar-refractivity contribution in [3.63, 3.8) is 0 Å². The number of carbonyl (C=O) groups is 1. The van der Waals surface area contributed by atoms with Crippen LogP contribution in [-0.2, 0) is 17.6 Å². The van der Waals surface area contributed by atoms with Crippen molar-refractivity contribution in [2.75, 3.05) is 6.61 Å². The highest BCUT2D eigenvalue weighted by atomic mass is 16.5. The largest absolute Gasteiger partial charge is 0.493 e. The summed E-state index contributed by atoms with van der Waals surface area (Å²) >= 11 is 0. The quantitative estimate of drug-likeness (QED) is 0.470. The first-order valence-electron chi connectivity index (χ1n) is 11.3. The summed E-state index contributed by atoms with van der Waals surface area (Å²) in [6.45, 7) is 7.88. The molecule has 2 aromatic heterocycles. The van der Waals surface area contributed by atoms with Crippen LogP contribution in [0.4, 0.5) is 0 Å². The standard InChI is InChI=1S/C27H30N2O4/c1-17-11-12-20(16-28-17)25-29-23(18(2)33-25)13-14-32-24-10-6-8-21-19(7-5-9-22(21)24)15-27(3,4)26(30)31/h6-8,10-12,16H,5,9,13-15H2,1-4H3,(H,30,31). The molecule has 0 bridgehead atoms. The van der Waals surface area contributed by atoms with Crippen molar-refractivity contribution in [2.45, 2.75) is 53.4 Å². The number of hydrogen-bond donors (Lipinski definition) is 1. The van der Waals surface area contributed by atoms with Crippen molar-refractivity contribution >= 4 is 11.5 Å². The van der Waals surface area contributed by atoms with Crippen LogP contribution < -0.4 is 4.74 Å². The van der Waals surface area contributed by atoms with E-state index in [2.05, 4.69) is 22.1 Å². The van der Waals surface area contributed by atoms with Gasteiger partial charge < -0.3 is 14.3 Å². The number of ether oxygens (including phenoxy) is 1. The van der Waals surface area contributed by atoms with Gasteiger partial charge in [0.2, 0.25) is 5.89 Å². The van der Waals surface area contributed by atoms with E-state index in [-0.39, 0.29) is 0 Å². The van der Waals surface area contributed by atoms with Gasteiger partial charge in [0.1, 0.15) is 11.5 Å². The van der Waals surface area contributed by atoms with E-state index in [0.29, 0.717) is 25.3 Å². The summed E-state index contributed by atoms with van der Waals surface area (Å²) in [5.74, 6) is 1.43. The third kappa shape index (κ3) is 5.00. The molecular weight excluding hydrogens is 416 g/mol. The number of aromatic nitrogens is 2. The number of carboxylic acids is 1. The van der Waals surface area contributed by atoms with E-state index in [4.69, 9.17) is 9.15 Å². The Morgan fingerprint density at radius 2 is 2.03 bits per heavy atom. The lowest BCUT2D eigenvalue weighted by molar-refractivity contribution is -0.146. The maximum Gasteiger partial charge on any atom is 0.309 e. The molecule has 2 heterocycles. The molecule has 1 aliphatic carbocycles. The molecule has 0 atom stereocenters. The summed E-state index contributed by atoms with van der Waals surface area (Å²) < 4.78 is 12.0. The van der Waals surface area contributed by atoms with Crippen LogP contribution >= 0.6 is 0 Å². The zero-order valence-corrected chi connectivity index (χ0v) is 19.6. The van der Waals surface area contributed by atoms with Gasteiger partial charge in [-0.3, -0.25) is 9.78 Å². The minimum Gasteiger partial charge on any atom is -0.493 e. The third-order valence-electron chi connectivity index (χ3n) is 6.12. The number of fused-ring (bicyclic) bond motifs is 1. The number of benzene rings is 1. The minimum atomic E-state index is -0.813. The number of carboxylic acid groups (broad SMARTS) is 1. The van der Waals surface area contributed by atoms with Crippen molar-refractivity contribution < 1.29 is 19.1 Å². The molecule has 0 saturated heterocycles. The minimum absolute atomic E-state index is 0.481. The molecule has 0 aliphatic heterocycles. The fourth-order valence-corrected chi connectivity index (χ4v) is 4.11. The van der Waals surface area contributed by atoms with E-state index in [1.54, 1.807) is 20.0 Å². The molecule has 33 heavy (non-hydrogen) atoms. The number of rotatable bonds is 8. The van der Waals surface area contributed by atoms with Crippen molar-refractivity contribution in [3.8, 4) is 17.2 Å².